The summed E-state index contributed by atoms with van der Waals surface area (Å²) in [6, 6.07) is 0.483. The van der Waals surface area contributed by atoms with Gasteiger partial charge in [0, 0.05) is 12.6 Å². The van der Waals surface area contributed by atoms with Crippen molar-refractivity contribution in [2.24, 2.45) is 5.92 Å². The van der Waals surface area contributed by atoms with E-state index in [-0.39, 0.29) is 5.91 Å². The molecule has 1 saturated carbocycles. The van der Waals surface area contributed by atoms with Crippen LogP contribution in [0.15, 0.2) is 0 Å². The normalized spacial score (nSPS) is 26.0. The smallest absolute Gasteiger partial charge is 0.244 e. The second-order valence-electron chi connectivity index (χ2n) is 5.62. The largest absolute Gasteiger partial charge is 0.396 e. The van der Waals surface area contributed by atoms with Crippen molar-refractivity contribution in [1.82, 2.24) is 14.7 Å². The molecule has 2 fully saturated rings. The third-order valence-electron chi connectivity index (χ3n) is 4.45. The van der Waals surface area contributed by atoms with E-state index in [0.29, 0.717) is 18.3 Å². The number of carbonyl (C=O) groups is 1. The van der Waals surface area contributed by atoms with Crippen molar-refractivity contribution in [3.63, 3.8) is 0 Å². The van der Waals surface area contributed by atoms with E-state index in [4.69, 9.17) is 5.73 Å². The number of nitrogen functional groups attached to an aromatic ring is 1. The van der Waals surface area contributed by atoms with Crippen LogP contribution >= 0.6 is 0 Å². The summed E-state index contributed by atoms with van der Waals surface area (Å²) in [5, 5.41) is 4.33. The minimum absolute atomic E-state index is 0.188. The first-order valence-corrected chi connectivity index (χ1v) is 6.65. The Bertz CT molecular complexity index is 493. The van der Waals surface area contributed by atoms with E-state index in [1.807, 2.05) is 18.7 Å². The zero-order valence-corrected chi connectivity index (χ0v) is 11.0. The molecule has 98 valence electrons. The number of fused-ring (bicyclic) bond motifs is 2. The molecular formula is C13H20N4O. The molecule has 2 aliphatic rings. The van der Waals surface area contributed by atoms with Crippen LogP contribution in [0.3, 0.4) is 0 Å². The van der Waals surface area contributed by atoms with E-state index in [0.717, 1.165) is 23.9 Å². The molecule has 2 bridgehead atoms. The molecule has 3 rings (SSSR count). The lowest BCUT2D eigenvalue weighted by Gasteiger charge is -2.27. The highest BCUT2D eigenvalue weighted by atomic mass is 16.2. The summed E-state index contributed by atoms with van der Waals surface area (Å²) < 4.78 is 1.74. The van der Waals surface area contributed by atoms with Crippen LogP contribution in [0.5, 0.6) is 0 Å². The van der Waals surface area contributed by atoms with Gasteiger partial charge in [0.25, 0.3) is 0 Å². The van der Waals surface area contributed by atoms with E-state index < -0.39 is 0 Å². The van der Waals surface area contributed by atoms with Crippen LogP contribution in [0, 0.1) is 19.8 Å². The number of carbonyl (C=O) groups excluding carboxylic acids is 1. The van der Waals surface area contributed by atoms with Gasteiger partial charge in [-0.3, -0.25) is 9.48 Å². The van der Waals surface area contributed by atoms with Crippen LogP contribution in [0.1, 0.15) is 30.7 Å². The molecule has 2 atom stereocenters. The Morgan fingerprint density at radius 2 is 2.22 bits per heavy atom. The predicted octanol–water partition coefficient (Wildman–Crippen LogP) is 1.09. The van der Waals surface area contributed by atoms with Gasteiger partial charge in [0.05, 0.1) is 17.1 Å². The molecule has 2 unspecified atom stereocenters. The lowest BCUT2D eigenvalue weighted by Crippen LogP contribution is -2.39. The van der Waals surface area contributed by atoms with E-state index in [1.165, 1.54) is 19.3 Å². The number of nitrogens with two attached hydrogens (primary N) is 1. The number of aryl methyl sites for hydroxylation is 1. The maximum Gasteiger partial charge on any atom is 0.244 e. The fourth-order valence-electron chi connectivity index (χ4n) is 3.31. The van der Waals surface area contributed by atoms with Gasteiger partial charge >= 0.3 is 0 Å². The van der Waals surface area contributed by atoms with Crippen LogP contribution in [0.4, 0.5) is 5.69 Å². The third-order valence-corrected chi connectivity index (χ3v) is 4.45. The Labute approximate surface area is 107 Å². The maximum absolute atomic E-state index is 12.3. The van der Waals surface area contributed by atoms with Crippen LogP contribution in [-0.4, -0.2) is 33.2 Å². The van der Waals surface area contributed by atoms with E-state index >= 15 is 0 Å². The molecule has 0 radical (unpaired) electrons. The van der Waals surface area contributed by atoms with E-state index in [9.17, 15) is 4.79 Å². The Hall–Kier alpha value is -1.52. The van der Waals surface area contributed by atoms with E-state index in [1.54, 1.807) is 4.68 Å². The average Bonchev–Trinajstić information content (AvgIpc) is 3.02. The first-order chi connectivity index (χ1) is 8.56. The highest BCUT2D eigenvalue weighted by molar-refractivity contribution is 5.77. The number of rotatable bonds is 2. The number of anilines is 1. The van der Waals surface area contributed by atoms with Gasteiger partial charge in [0.2, 0.25) is 5.91 Å². The molecule has 18 heavy (non-hydrogen) atoms. The highest BCUT2D eigenvalue weighted by Crippen LogP contribution is 2.37. The molecule has 1 aromatic rings. The number of hydrogen-bond acceptors (Lipinski definition) is 3. The molecule has 2 heterocycles. The van der Waals surface area contributed by atoms with Crippen molar-refractivity contribution in [2.75, 3.05) is 12.3 Å². The van der Waals surface area contributed by atoms with Crippen molar-refractivity contribution in [3.8, 4) is 0 Å². The lowest BCUT2D eigenvalue weighted by atomic mass is 10.1. The van der Waals surface area contributed by atoms with Crippen molar-refractivity contribution in [1.29, 1.82) is 0 Å². The standard InChI is InChI=1S/C13H20N4O/c1-8-13(14)9(2)17(15-8)7-12(18)16-6-10-3-4-11(16)5-10/h10-11H,3-7,14H2,1-2H3. The molecule has 2 N–H and O–H groups in total. The van der Waals surface area contributed by atoms with Crippen LogP contribution in [0.25, 0.3) is 0 Å². The Balaban J connectivity index is 1.73. The van der Waals surface area contributed by atoms with Crippen LogP contribution in [-0.2, 0) is 11.3 Å². The van der Waals surface area contributed by atoms with Crippen LogP contribution in [0.2, 0.25) is 0 Å². The molecule has 1 saturated heterocycles. The van der Waals surface area contributed by atoms with Gasteiger partial charge in [0.1, 0.15) is 6.54 Å². The van der Waals surface area contributed by atoms with Crippen molar-refractivity contribution in [3.05, 3.63) is 11.4 Å². The van der Waals surface area contributed by atoms with Gasteiger partial charge in [-0.2, -0.15) is 5.10 Å². The first-order valence-electron chi connectivity index (χ1n) is 6.65. The van der Waals surface area contributed by atoms with Gasteiger partial charge < -0.3 is 10.6 Å². The summed E-state index contributed by atoms with van der Waals surface area (Å²) >= 11 is 0. The SMILES string of the molecule is Cc1nn(CC(=O)N2CC3CCC2C3)c(C)c1N. The van der Waals surface area contributed by atoms with Crippen molar-refractivity contribution >= 4 is 11.6 Å². The monoisotopic (exact) mass is 248 g/mol. The van der Waals surface area contributed by atoms with Gasteiger partial charge in [-0.05, 0) is 39.0 Å². The number of amides is 1. The molecule has 0 spiro atoms. The quantitative estimate of drug-likeness (QED) is 0.852. The third kappa shape index (κ3) is 1.69. The minimum Gasteiger partial charge on any atom is -0.396 e. The number of hydrogen-bond donors (Lipinski definition) is 1. The Morgan fingerprint density at radius 3 is 2.72 bits per heavy atom. The summed E-state index contributed by atoms with van der Waals surface area (Å²) in [5.74, 6) is 0.928. The van der Waals surface area contributed by atoms with Crippen molar-refractivity contribution < 1.29 is 4.79 Å². The van der Waals surface area contributed by atoms with Gasteiger partial charge in [-0.15, -0.1) is 0 Å². The molecular weight excluding hydrogens is 228 g/mol. The molecule has 5 heteroatoms. The van der Waals surface area contributed by atoms with Gasteiger partial charge in [-0.1, -0.05) is 0 Å². The molecule has 1 aliphatic carbocycles. The highest BCUT2D eigenvalue weighted by Gasteiger charge is 2.40. The first kappa shape index (κ1) is 11.6. The second-order valence-corrected chi connectivity index (χ2v) is 5.62. The fourth-order valence-corrected chi connectivity index (χ4v) is 3.31. The Morgan fingerprint density at radius 1 is 1.44 bits per heavy atom. The summed E-state index contributed by atoms with van der Waals surface area (Å²) in [6.07, 6.45) is 3.67. The summed E-state index contributed by atoms with van der Waals surface area (Å²) in [6.45, 7) is 5.06. The van der Waals surface area contributed by atoms with Crippen molar-refractivity contribution in [2.45, 2.75) is 45.7 Å². The van der Waals surface area contributed by atoms with E-state index in [2.05, 4.69) is 5.10 Å². The van der Waals surface area contributed by atoms with Gasteiger partial charge in [-0.25, -0.2) is 0 Å². The topological polar surface area (TPSA) is 64.2 Å². The Kier molecular flexibility index (Phi) is 2.57. The molecule has 5 nitrogen and oxygen atoms in total. The summed E-state index contributed by atoms with van der Waals surface area (Å²) in [4.78, 5) is 14.3. The summed E-state index contributed by atoms with van der Waals surface area (Å²) in [5.41, 5.74) is 8.29. The molecule has 0 aromatic carbocycles. The number of aromatic nitrogens is 2. The number of piperidine rings is 1. The molecule has 1 aliphatic heterocycles. The lowest BCUT2D eigenvalue weighted by molar-refractivity contribution is -0.133. The zero-order chi connectivity index (χ0) is 12.9. The summed E-state index contributed by atoms with van der Waals surface area (Å²) in [7, 11) is 0. The average molecular weight is 248 g/mol. The second kappa shape index (κ2) is 4.00. The zero-order valence-electron chi connectivity index (χ0n) is 11.0. The van der Waals surface area contributed by atoms with Gasteiger partial charge in [0.15, 0.2) is 0 Å². The molecule has 1 amide bonds. The number of likely N-dealkylation sites (tertiary alicyclic amines) is 1. The fraction of sp³-hybridized carbons (Fsp3) is 0.692. The minimum atomic E-state index is 0.188. The molecule has 1 aromatic heterocycles. The maximum atomic E-state index is 12.3. The predicted molar refractivity (Wildman–Crippen MR) is 69.0 cm³/mol. The number of nitrogens with zero attached hydrogens (tertiary/aromatic N) is 3. The van der Waals surface area contributed by atoms with Crippen LogP contribution < -0.4 is 5.73 Å².